The number of carbonyl (C=O) groups excluding carboxylic acids is 1. The minimum absolute atomic E-state index is 0.0289. The molecule has 0 aliphatic carbocycles. The lowest BCUT2D eigenvalue weighted by Crippen LogP contribution is -2.45. The Kier molecular flexibility index (Phi) is 5.45. The van der Waals surface area contributed by atoms with Crippen molar-refractivity contribution in [2.45, 2.75) is 34.1 Å². The van der Waals surface area contributed by atoms with Crippen molar-refractivity contribution in [3.63, 3.8) is 0 Å². The second-order valence-corrected chi connectivity index (χ2v) is 6.46. The van der Waals surface area contributed by atoms with E-state index in [-0.39, 0.29) is 24.5 Å². The average molecular weight is 276 g/mol. The van der Waals surface area contributed by atoms with Crippen LogP contribution in [0, 0.1) is 46.8 Å². The number of nitriles is 1. The average Bonchev–Trinajstić information content (AvgIpc) is 2.44. The maximum absolute atomic E-state index is 12.1. The van der Waals surface area contributed by atoms with Crippen LogP contribution in [0.3, 0.4) is 0 Å². The molecule has 1 rings (SSSR count). The summed E-state index contributed by atoms with van der Waals surface area (Å²) >= 11 is 0. The summed E-state index contributed by atoms with van der Waals surface area (Å²) < 4.78 is 5.30. The van der Waals surface area contributed by atoms with Gasteiger partial charge in [-0.05, 0) is 32.1 Å². The van der Waals surface area contributed by atoms with Crippen LogP contribution in [0.15, 0.2) is 0 Å². The molecular formula is C16H24N2O2. The molecule has 1 aliphatic rings. The Hall–Kier alpha value is -1.68. The molecule has 4 heteroatoms. The minimum Gasteiger partial charge on any atom is -0.448 e. The third-order valence-corrected chi connectivity index (χ3v) is 3.89. The van der Waals surface area contributed by atoms with Gasteiger partial charge in [-0.25, -0.2) is 4.79 Å². The first-order valence-electron chi connectivity index (χ1n) is 7.10. The number of hydrogen-bond acceptors (Lipinski definition) is 3. The fourth-order valence-electron chi connectivity index (χ4n) is 2.36. The molecule has 1 heterocycles. The molecule has 0 aromatic rings. The van der Waals surface area contributed by atoms with E-state index in [9.17, 15) is 10.1 Å². The number of amides is 1. The first-order valence-corrected chi connectivity index (χ1v) is 7.10. The van der Waals surface area contributed by atoms with E-state index in [2.05, 4.69) is 25.8 Å². The van der Waals surface area contributed by atoms with Crippen LogP contribution in [0.1, 0.15) is 34.1 Å². The number of carbonyl (C=O) groups is 1. The van der Waals surface area contributed by atoms with Crippen molar-refractivity contribution in [3.8, 4) is 18.4 Å². The summed E-state index contributed by atoms with van der Waals surface area (Å²) in [6, 6.07) is 2.35. The zero-order chi connectivity index (χ0) is 15.3. The highest BCUT2D eigenvalue weighted by atomic mass is 16.6. The molecule has 2 atom stereocenters. The Labute approximate surface area is 122 Å². The smallest absolute Gasteiger partial charge is 0.409 e. The Morgan fingerprint density at radius 3 is 2.70 bits per heavy atom. The molecule has 110 valence electrons. The Morgan fingerprint density at radius 2 is 2.20 bits per heavy atom. The zero-order valence-electron chi connectivity index (χ0n) is 12.8. The predicted octanol–water partition coefficient (Wildman–Crippen LogP) is 2.90. The summed E-state index contributed by atoms with van der Waals surface area (Å²) in [5.74, 6) is 3.22. The number of nitrogens with zero attached hydrogens (tertiary/aromatic N) is 2. The SMILES string of the molecule is C#CC(C)(C)COC(=O)N1CCC(C#N)C(C(C)C)C1. The topological polar surface area (TPSA) is 53.3 Å². The van der Waals surface area contributed by atoms with Gasteiger partial charge in [-0.3, -0.25) is 0 Å². The third kappa shape index (κ3) is 4.17. The van der Waals surface area contributed by atoms with Gasteiger partial charge < -0.3 is 9.64 Å². The van der Waals surface area contributed by atoms with Crippen LogP contribution < -0.4 is 0 Å². The van der Waals surface area contributed by atoms with Crippen LogP contribution >= 0.6 is 0 Å². The Balaban J connectivity index is 2.59. The van der Waals surface area contributed by atoms with Crippen LogP contribution in [0.4, 0.5) is 4.79 Å². The van der Waals surface area contributed by atoms with E-state index in [0.717, 1.165) is 0 Å². The highest BCUT2D eigenvalue weighted by Gasteiger charge is 2.34. The number of ether oxygens (including phenoxy) is 1. The molecule has 0 N–H and O–H groups in total. The van der Waals surface area contributed by atoms with Gasteiger partial charge in [0.15, 0.2) is 0 Å². The highest BCUT2D eigenvalue weighted by molar-refractivity contribution is 5.67. The van der Waals surface area contributed by atoms with E-state index in [1.165, 1.54) is 0 Å². The lowest BCUT2D eigenvalue weighted by molar-refractivity contribution is 0.0536. The van der Waals surface area contributed by atoms with Crippen molar-refractivity contribution >= 4 is 6.09 Å². The maximum Gasteiger partial charge on any atom is 0.409 e. The summed E-state index contributed by atoms with van der Waals surface area (Å²) in [6.07, 6.45) is 5.77. The lowest BCUT2D eigenvalue weighted by Gasteiger charge is -2.37. The molecule has 1 amide bonds. The third-order valence-electron chi connectivity index (χ3n) is 3.89. The number of piperidine rings is 1. The first-order chi connectivity index (χ1) is 9.30. The van der Waals surface area contributed by atoms with Crippen molar-refractivity contribution in [2.24, 2.45) is 23.2 Å². The number of terminal acetylenes is 1. The second-order valence-electron chi connectivity index (χ2n) is 6.46. The van der Waals surface area contributed by atoms with Crippen molar-refractivity contribution in [1.82, 2.24) is 4.90 Å². The standard InChI is InChI=1S/C16H24N2O2/c1-6-16(4,5)11-20-15(19)18-8-7-13(9-17)14(10-18)12(2)3/h1,12-14H,7-8,10-11H2,2-5H3. The normalized spacial score (nSPS) is 23.1. The number of hydrogen-bond donors (Lipinski definition) is 0. The van der Waals surface area contributed by atoms with Crippen molar-refractivity contribution in [3.05, 3.63) is 0 Å². The molecule has 20 heavy (non-hydrogen) atoms. The predicted molar refractivity (Wildman–Crippen MR) is 77.6 cm³/mol. The molecule has 0 aromatic carbocycles. The lowest BCUT2D eigenvalue weighted by atomic mass is 9.79. The largest absolute Gasteiger partial charge is 0.448 e. The monoisotopic (exact) mass is 276 g/mol. The quantitative estimate of drug-likeness (QED) is 0.745. The van der Waals surface area contributed by atoms with Gasteiger partial charge in [-0.2, -0.15) is 5.26 Å². The molecule has 2 unspecified atom stereocenters. The summed E-state index contributed by atoms with van der Waals surface area (Å²) in [5.41, 5.74) is -0.446. The van der Waals surface area contributed by atoms with Gasteiger partial charge in [0, 0.05) is 13.1 Å². The summed E-state index contributed by atoms with van der Waals surface area (Å²) in [4.78, 5) is 13.8. The minimum atomic E-state index is -0.446. The van der Waals surface area contributed by atoms with Gasteiger partial charge in [0.25, 0.3) is 0 Å². The van der Waals surface area contributed by atoms with Crippen molar-refractivity contribution < 1.29 is 9.53 Å². The second kappa shape index (κ2) is 6.66. The van der Waals surface area contributed by atoms with Crippen LogP contribution in [0.2, 0.25) is 0 Å². The molecule has 0 spiro atoms. The van der Waals surface area contributed by atoms with E-state index in [1.54, 1.807) is 4.90 Å². The highest BCUT2D eigenvalue weighted by Crippen LogP contribution is 2.29. The number of rotatable bonds is 3. The summed E-state index contributed by atoms with van der Waals surface area (Å²) in [5, 5.41) is 9.17. The summed E-state index contributed by atoms with van der Waals surface area (Å²) in [7, 11) is 0. The fourth-order valence-corrected chi connectivity index (χ4v) is 2.36. The molecule has 0 radical (unpaired) electrons. The van der Waals surface area contributed by atoms with Gasteiger partial charge in [0.05, 0.1) is 17.4 Å². The molecule has 0 aromatic heterocycles. The van der Waals surface area contributed by atoms with Crippen molar-refractivity contribution in [1.29, 1.82) is 5.26 Å². The maximum atomic E-state index is 12.1. The molecule has 0 saturated carbocycles. The summed E-state index contributed by atoms with van der Waals surface area (Å²) in [6.45, 7) is 9.28. The van der Waals surface area contributed by atoms with Gasteiger partial charge in [0.1, 0.15) is 6.61 Å². The van der Waals surface area contributed by atoms with Gasteiger partial charge in [-0.1, -0.05) is 19.8 Å². The van der Waals surface area contributed by atoms with E-state index in [1.807, 2.05) is 13.8 Å². The van der Waals surface area contributed by atoms with Gasteiger partial charge in [-0.15, -0.1) is 6.42 Å². The van der Waals surface area contributed by atoms with E-state index in [0.29, 0.717) is 25.4 Å². The molecule has 4 nitrogen and oxygen atoms in total. The molecule has 1 aliphatic heterocycles. The van der Waals surface area contributed by atoms with Gasteiger partial charge >= 0.3 is 6.09 Å². The first kappa shape index (κ1) is 16.4. The van der Waals surface area contributed by atoms with Crippen LogP contribution in [0.5, 0.6) is 0 Å². The Bertz CT molecular complexity index is 429. The zero-order valence-corrected chi connectivity index (χ0v) is 12.8. The van der Waals surface area contributed by atoms with E-state index in [4.69, 9.17) is 11.2 Å². The van der Waals surface area contributed by atoms with Crippen LogP contribution in [-0.4, -0.2) is 30.7 Å². The molecule has 0 bridgehead atoms. The van der Waals surface area contributed by atoms with Gasteiger partial charge in [0.2, 0.25) is 0 Å². The van der Waals surface area contributed by atoms with E-state index < -0.39 is 5.41 Å². The molecule has 1 fully saturated rings. The van der Waals surface area contributed by atoms with Crippen LogP contribution in [0.25, 0.3) is 0 Å². The fraction of sp³-hybridized carbons (Fsp3) is 0.750. The molecule has 1 saturated heterocycles. The Morgan fingerprint density at radius 1 is 1.55 bits per heavy atom. The number of likely N-dealkylation sites (tertiary alicyclic amines) is 1. The van der Waals surface area contributed by atoms with Crippen molar-refractivity contribution in [2.75, 3.05) is 19.7 Å². The van der Waals surface area contributed by atoms with E-state index >= 15 is 0 Å². The molecular weight excluding hydrogens is 252 g/mol. The van der Waals surface area contributed by atoms with Crippen LogP contribution in [-0.2, 0) is 4.74 Å².